The Morgan fingerprint density at radius 1 is 1.17 bits per heavy atom. The molecule has 0 spiro atoms. The third-order valence-electron chi connectivity index (χ3n) is 4.03. The lowest BCUT2D eigenvalue weighted by Gasteiger charge is -2.07. The highest BCUT2D eigenvalue weighted by atomic mass is 79.9. The Bertz CT molecular complexity index is 918. The first-order chi connectivity index (χ1) is 11.6. The number of nitrogens with zero attached hydrogens (tertiary/aromatic N) is 1. The van der Waals surface area contributed by atoms with E-state index in [4.69, 9.17) is 4.84 Å². The Labute approximate surface area is 147 Å². The molecule has 2 heterocycles. The Balaban J connectivity index is 1.89. The van der Waals surface area contributed by atoms with Gasteiger partial charge >= 0.3 is 5.97 Å². The summed E-state index contributed by atoms with van der Waals surface area (Å²) in [6.07, 6.45) is 0. The van der Waals surface area contributed by atoms with Crippen molar-refractivity contribution in [2.75, 3.05) is 17.2 Å². The number of carbonyl (C=O) groups is 1. The van der Waals surface area contributed by atoms with Gasteiger partial charge in [-0.05, 0) is 28.1 Å². The van der Waals surface area contributed by atoms with Crippen LogP contribution in [-0.4, -0.2) is 18.2 Å². The summed E-state index contributed by atoms with van der Waals surface area (Å²) in [5.41, 5.74) is 6.64. The second-order valence-electron chi connectivity index (χ2n) is 5.56. The van der Waals surface area contributed by atoms with E-state index in [-0.39, 0.29) is 0 Å². The number of carbonyl (C=O) groups excluding carboxylic acids is 1. The third kappa shape index (κ3) is 2.39. The molecule has 0 amide bonds. The number of benzene rings is 2. The highest BCUT2D eigenvalue weighted by Gasteiger charge is 2.30. The summed E-state index contributed by atoms with van der Waals surface area (Å²) in [6.45, 7) is 2.02. The van der Waals surface area contributed by atoms with E-state index in [1.165, 1.54) is 6.92 Å². The zero-order chi connectivity index (χ0) is 16.7. The van der Waals surface area contributed by atoms with E-state index in [0.717, 1.165) is 38.2 Å². The second kappa shape index (κ2) is 5.79. The Morgan fingerprint density at radius 2 is 1.96 bits per heavy atom. The van der Waals surface area contributed by atoms with Gasteiger partial charge in [-0.2, -0.15) is 0 Å². The molecule has 5 nitrogen and oxygen atoms in total. The fraction of sp³-hybridized carbons (Fsp3) is 0.111. The maximum atomic E-state index is 11.2. The lowest BCUT2D eigenvalue weighted by Crippen LogP contribution is -2.09. The summed E-state index contributed by atoms with van der Waals surface area (Å²) < 4.78 is 1.02. The van der Waals surface area contributed by atoms with Crippen LogP contribution in [0.4, 0.5) is 11.4 Å². The van der Waals surface area contributed by atoms with Crippen LogP contribution in [0.2, 0.25) is 0 Å². The topological polar surface area (TPSA) is 62.7 Å². The van der Waals surface area contributed by atoms with E-state index in [0.29, 0.717) is 12.3 Å². The SMILES string of the molecule is CC(=O)O/N=C1/C(=C2/CNc3c(Br)cccc32)Nc2ccccc21. The van der Waals surface area contributed by atoms with Crippen molar-refractivity contribution in [1.29, 1.82) is 0 Å². The van der Waals surface area contributed by atoms with Gasteiger partial charge in [-0.1, -0.05) is 35.5 Å². The number of para-hydroxylation sites is 2. The number of allylic oxidation sites excluding steroid dienone is 1. The molecule has 2 aromatic rings. The molecule has 4 rings (SSSR count). The van der Waals surface area contributed by atoms with Gasteiger partial charge in [-0.15, -0.1) is 0 Å². The van der Waals surface area contributed by atoms with Crippen LogP contribution in [0.25, 0.3) is 5.57 Å². The first-order valence-corrected chi connectivity index (χ1v) is 8.32. The van der Waals surface area contributed by atoms with Crippen LogP contribution in [0, 0.1) is 0 Å². The van der Waals surface area contributed by atoms with Crippen LogP contribution < -0.4 is 10.6 Å². The van der Waals surface area contributed by atoms with Gasteiger partial charge in [-0.3, -0.25) is 0 Å². The Kier molecular flexibility index (Phi) is 3.61. The van der Waals surface area contributed by atoms with Crippen LogP contribution in [0.15, 0.2) is 57.8 Å². The van der Waals surface area contributed by atoms with Crippen molar-refractivity contribution in [1.82, 2.24) is 0 Å². The summed E-state index contributed by atoms with van der Waals surface area (Å²) in [7, 11) is 0. The molecule has 0 saturated heterocycles. The van der Waals surface area contributed by atoms with Crippen LogP contribution in [-0.2, 0) is 9.63 Å². The minimum Gasteiger partial charge on any atom is -0.379 e. The van der Waals surface area contributed by atoms with E-state index in [2.05, 4.69) is 37.8 Å². The van der Waals surface area contributed by atoms with E-state index < -0.39 is 5.97 Å². The van der Waals surface area contributed by atoms with Crippen molar-refractivity contribution in [2.45, 2.75) is 6.92 Å². The van der Waals surface area contributed by atoms with Gasteiger partial charge in [0.15, 0.2) is 0 Å². The first kappa shape index (κ1) is 15.0. The maximum absolute atomic E-state index is 11.2. The maximum Gasteiger partial charge on any atom is 0.332 e. The molecule has 0 fully saturated rings. The molecule has 0 aliphatic carbocycles. The fourth-order valence-electron chi connectivity index (χ4n) is 3.00. The minimum atomic E-state index is -0.441. The highest BCUT2D eigenvalue weighted by Crippen LogP contribution is 2.41. The van der Waals surface area contributed by atoms with Gasteiger partial charge in [0, 0.05) is 40.3 Å². The molecule has 2 aromatic carbocycles. The van der Waals surface area contributed by atoms with E-state index >= 15 is 0 Å². The van der Waals surface area contributed by atoms with Crippen molar-refractivity contribution in [2.24, 2.45) is 5.16 Å². The average Bonchev–Trinajstić information content (AvgIpc) is 3.14. The van der Waals surface area contributed by atoms with Gasteiger partial charge in [-0.25, -0.2) is 4.79 Å². The van der Waals surface area contributed by atoms with E-state index in [9.17, 15) is 4.79 Å². The molecular formula is C18H14BrN3O2. The largest absolute Gasteiger partial charge is 0.379 e. The third-order valence-corrected chi connectivity index (χ3v) is 4.69. The summed E-state index contributed by atoms with van der Waals surface area (Å²) >= 11 is 3.57. The van der Waals surface area contributed by atoms with Gasteiger partial charge in [0.1, 0.15) is 5.71 Å². The quantitative estimate of drug-likeness (QED) is 0.577. The van der Waals surface area contributed by atoms with E-state index in [1.807, 2.05) is 36.4 Å². The lowest BCUT2D eigenvalue weighted by atomic mass is 10.0. The van der Waals surface area contributed by atoms with Gasteiger partial charge in [0.05, 0.1) is 11.4 Å². The summed E-state index contributed by atoms with van der Waals surface area (Å²) in [5, 5.41) is 10.9. The molecule has 120 valence electrons. The predicted octanol–water partition coefficient (Wildman–Crippen LogP) is 3.98. The van der Waals surface area contributed by atoms with Crippen molar-refractivity contribution >= 4 is 44.6 Å². The zero-order valence-electron chi connectivity index (χ0n) is 12.9. The van der Waals surface area contributed by atoms with Crippen molar-refractivity contribution < 1.29 is 9.63 Å². The molecule has 2 N–H and O–H groups in total. The standard InChI is InChI=1S/C18H14BrN3O2/c1-10(23)24-22-18-12-5-2-3-8-15(12)21-17(18)13-9-20-16-11(13)6-4-7-14(16)19/h2-8,20-21H,9H2,1H3/b17-13+,22-18+. The molecule has 2 aliphatic rings. The second-order valence-corrected chi connectivity index (χ2v) is 6.42. The van der Waals surface area contributed by atoms with Crippen LogP contribution >= 0.6 is 15.9 Å². The molecule has 24 heavy (non-hydrogen) atoms. The fourth-order valence-corrected chi connectivity index (χ4v) is 3.51. The number of hydrogen-bond acceptors (Lipinski definition) is 5. The monoisotopic (exact) mass is 383 g/mol. The molecule has 2 aliphatic heterocycles. The summed E-state index contributed by atoms with van der Waals surface area (Å²) in [6, 6.07) is 13.9. The van der Waals surface area contributed by atoms with Gasteiger partial charge < -0.3 is 15.5 Å². The molecule has 6 heteroatoms. The highest BCUT2D eigenvalue weighted by molar-refractivity contribution is 9.10. The normalized spacial score (nSPS) is 19.5. The number of oxime groups is 1. The number of fused-ring (bicyclic) bond motifs is 2. The number of hydrogen-bond donors (Lipinski definition) is 2. The van der Waals surface area contributed by atoms with Crippen LogP contribution in [0.5, 0.6) is 0 Å². The summed E-state index contributed by atoms with van der Waals surface area (Å²) in [4.78, 5) is 16.1. The Morgan fingerprint density at radius 3 is 2.79 bits per heavy atom. The van der Waals surface area contributed by atoms with Crippen molar-refractivity contribution in [3.05, 3.63) is 63.8 Å². The summed E-state index contributed by atoms with van der Waals surface area (Å²) in [5.74, 6) is -0.441. The molecule has 0 aromatic heterocycles. The smallest absolute Gasteiger partial charge is 0.332 e. The number of rotatable bonds is 1. The zero-order valence-corrected chi connectivity index (χ0v) is 14.5. The van der Waals surface area contributed by atoms with Gasteiger partial charge in [0.2, 0.25) is 0 Å². The van der Waals surface area contributed by atoms with Crippen LogP contribution in [0.1, 0.15) is 18.1 Å². The number of anilines is 2. The van der Waals surface area contributed by atoms with Gasteiger partial charge in [0.25, 0.3) is 0 Å². The van der Waals surface area contributed by atoms with Crippen molar-refractivity contribution in [3.8, 4) is 0 Å². The molecule has 0 radical (unpaired) electrons. The average molecular weight is 384 g/mol. The lowest BCUT2D eigenvalue weighted by molar-refractivity contribution is -0.140. The number of halogens is 1. The van der Waals surface area contributed by atoms with E-state index in [1.54, 1.807) is 0 Å². The first-order valence-electron chi connectivity index (χ1n) is 7.53. The van der Waals surface area contributed by atoms with Crippen molar-refractivity contribution in [3.63, 3.8) is 0 Å². The molecular weight excluding hydrogens is 370 g/mol. The molecule has 0 bridgehead atoms. The van der Waals surface area contributed by atoms with Crippen LogP contribution in [0.3, 0.4) is 0 Å². The number of nitrogens with one attached hydrogen (secondary N) is 2. The molecule has 0 saturated carbocycles. The molecule has 0 unspecified atom stereocenters. The Hall–Kier alpha value is -2.60. The molecule has 0 atom stereocenters. The predicted molar refractivity (Wildman–Crippen MR) is 97.9 cm³/mol. The minimum absolute atomic E-state index is 0.441.